The Balaban J connectivity index is 2.12. The molecule has 0 saturated carbocycles. The van der Waals surface area contributed by atoms with E-state index in [0.29, 0.717) is 0 Å². The van der Waals surface area contributed by atoms with Gasteiger partial charge < -0.3 is 4.90 Å². The van der Waals surface area contributed by atoms with Crippen molar-refractivity contribution >= 4 is 16.7 Å². The van der Waals surface area contributed by atoms with Crippen molar-refractivity contribution in [1.82, 2.24) is 4.98 Å². The predicted molar refractivity (Wildman–Crippen MR) is 88.5 cm³/mol. The zero-order valence-electron chi connectivity index (χ0n) is 12.9. The number of nitrogens with one attached hydrogen (secondary N) is 1. The van der Waals surface area contributed by atoms with Crippen LogP contribution in [0.5, 0.6) is 0 Å². The molecule has 0 amide bonds. The van der Waals surface area contributed by atoms with Gasteiger partial charge in [-0.05, 0) is 42.8 Å². The van der Waals surface area contributed by atoms with Crippen molar-refractivity contribution in [3.8, 4) is 11.4 Å². The van der Waals surface area contributed by atoms with Gasteiger partial charge >= 0.3 is 0 Å². The summed E-state index contributed by atoms with van der Waals surface area (Å²) in [5, 5.41) is 0. The fourth-order valence-corrected chi connectivity index (χ4v) is 2.73. The molecule has 0 unspecified atom stereocenters. The number of fused-ring (bicyclic) bond motifs is 1. The van der Waals surface area contributed by atoms with Crippen LogP contribution in [0, 0.1) is 0 Å². The van der Waals surface area contributed by atoms with Crippen molar-refractivity contribution in [2.75, 3.05) is 19.0 Å². The van der Waals surface area contributed by atoms with Crippen LogP contribution in [0.1, 0.15) is 13.3 Å². The molecule has 0 aliphatic rings. The Morgan fingerprint density at radius 1 is 1.00 bits per heavy atom. The molecule has 0 aliphatic heterocycles. The van der Waals surface area contributed by atoms with Crippen LogP contribution in [0.3, 0.4) is 0 Å². The maximum Gasteiger partial charge on any atom is 0.287 e. The van der Waals surface area contributed by atoms with Crippen LogP contribution in [0.15, 0.2) is 48.5 Å². The van der Waals surface area contributed by atoms with Gasteiger partial charge in [-0.25, -0.2) is 9.55 Å². The number of H-pyrrole nitrogens is 1. The van der Waals surface area contributed by atoms with Crippen LogP contribution in [-0.4, -0.2) is 19.1 Å². The summed E-state index contributed by atoms with van der Waals surface area (Å²) in [6.07, 6.45) is 1.12. The van der Waals surface area contributed by atoms with E-state index in [0.717, 1.165) is 13.0 Å². The van der Waals surface area contributed by atoms with E-state index in [4.69, 9.17) is 0 Å². The van der Waals surface area contributed by atoms with Gasteiger partial charge in [-0.3, -0.25) is 0 Å². The number of rotatable bonds is 4. The number of hydrogen-bond donors (Lipinski definition) is 1. The van der Waals surface area contributed by atoms with Crippen LogP contribution in [-0.2, 0) is 6.54 Å². The molecule has 0 saturated heterocycles. The van der Waals surface area contributed by atoms with Crippen LogP contribution >= 0.6 is 0 Å². The predicted octanol–water partition coefficient (Wildman–Crippen LogP) is 3.60. The second-order valence-corrected chi connectivity index (χ2v) is 5.58. The highest BCUT2D eigenvalue weighted by atomic mass is 15.1. The van der Waals surface area contributed by atoms with E-state index < -0.39 is 0 Å². The van der Waals surface area contributed by atoms with E-state index in [2.05, 4.69) is 84.0 Å². The molecule has 0 fully saturated rings. The number of imidazole rings is 1. The number of anilines is 1. The van der Waals surface area contributed by atoms with Crippen molar-refractivity contribution in [3.63, 3.8) is 0 Å². The fourth-order valence-electron chi connectivity index (χ4n) is 2.73. The first-order valence-electron chi connectivity index (χ1n) is 7.49. The summed E-state index contributed by atoms with van der Waals surface area (Å²) in [6, 6.07) is 17.2. The SMILES string of the molecule is CCC[n+]1c(-c2ccc(N(C)C)cc2)[nH]c2ccccc21. The minimum absolute atomic E-state index is 1.02. The number of aryl methyl sites for hydroxylation is 1. The zero-order valence-corrected chi connectivity index (χ0v) is 12.9. The van der Waals surface area contributed by atoms with Crippen molar-refractivity contribution < 1.29 is 4.57 Å². The van der Waals surface area contributed by atoms with E-state index in [1.807, 2.05) is 0 Å². The highest BCUT2D eigenvalue weighted by molar-refractivity contribution is 5.74. The maximum absolute atomic E-state index is 3.56. The second kappa shape index (κ2) is 5.60. The van der Waals surface area contributed by atoms with Crippen LogP contribution in [0.25, 0.3) is 22.4 Å². The van der Waals surface area contributed by atoms with Gasteiger partial charge in [0.2, 0.25) is 0 Å². The van der Waals surface area contributed by atoms with E-state index in [-0.39, 0.29) is 0 Å². The molecule has 2 aromatic carbocycles. The lowest BCUT2D eigenvalue weighted by atomic mass is 10.2. The van der Waals surface area contributed by atoms with Gasteiger partial charge in [0.15, 0.2) is 11.0 Å². The van der Waals surface area contributed by atoms with Crippen molar-refractivity contribution in [2.45, 2.75) is 19.9 Å². The highest BCUT2D eigenvalue weighted by Crippen LogP contribution is 2.21. The number of benzene rings is 2. The maximum atomic E-state index is 3.56. The Hall–Kier alpha value is -2.29. The molecule has 3 aromatic rings. The normalized spacial score (nSPS) is 11.0. The Labute approximate surface area is 125 Å². The van der Waals surface area contributed by atoms with Crippen LogP contribution < -0.4 is 9.47 Å². The molecule has 21 heavy (non-hydrogen) atoms. The highest BCUT2D eigenvalue weighted by Gasteiger charge is 2.19. The Bertz CT molecular complexity index is 739. The Morgan fingerprint density at radius 3 is 2.38 bits per heavy atom. The topological polar surface area (TPSA) is 22.9 Å². The van der Waals surface area contributed by atoms with Crippen LogP contribution in [0.4, 0.5) is 5.69 Å². The van der Waals surface area contributed by atoms with Gasteiger partial charge in [-0.15, -0.1) is 0 Å². The van der Waals surface area contributed by atoms with E-state index in [1.54, 1.807) is 0 Å². The van der Waals surface area contributed by atoms with E-state index in [9.17, 15) is 0 Å². The van der Waals surface area contributed by atoms with E-state index in [1.165, 1.54) is 28.1 Å². The third-order valence-corrected chi connectivity index (χ3v) is 3.82. The molecule has 0 spiro atoms. The van der Waals surface area contributed by atoms with Crippen molar-refractivity contribution in [1.29, 1.82) is 0 Å². The van der Waals surface area contributed by atoms with E-state index >= 15 is 0 Å². The first-order chi connectivity index (χ1) is 10.2. The molecular formula is C18H22N3+. The monoisotopic (exact) mass is 280 g/mol. The van der Waals surface area contributed by atoms with Gasteiger partial charge in [0.05, 0.1) is 12.1 Å². The molecule has 1 N–H and O–H groups in total. The van der Waals surface area contributed by atoms with Gasteiger partial charge in [-0.1, -0.05) is 19.1 Å². The standard InChI is InChI=1S/C18H21N3/c1-4-13-21-17-8-6-5-7-16(17)19-18(21)14-9-11-15(12-10-14)20(2)3/h5-12H,4,13H2,1-3H3/p+1. The summed E-state index contributed by atoms with van der Waals surface area (Å²) < 4.78 is 2.38. The molecule has 0 bridgehead atoms. The molecule has 3 rings (SSSR count). The largest absolute Gasteiger partial charge is 0.378 e. The van der Waals surface area contributed by atoms with Gasteiger partial charge in [-0.2, -0.15) is 0 Å². The number of aromatic amines is 1. The van der Waals surface area contributed by atoms with Gasteiger partial charge in [0, 0.05) is 19.8 Å². The molecular weight excluding hydrogens is 258 g/mol. The average Bonchev–Trinajstić information content (AvgIpc) is 2.87. The number of para-hydroxylation sites is 2. The molecule has 0 aliphatic carbocycles. The fraction of sp³-hybridized carbons (Fsp3) is 0.278. The van der Waals surface area contributed by atoms with Crippen LogP contribution in [0.2, 0.25) is 0 Å². The summed E-state index contributed by atoms with van der Waals surface area (Å²) in [4.78, 5) is 5.68. The quantitative estimate of drug-likeness (QED) is 0.725. The smallest absolute Gasteiger partial charge is 0.287 e. The minimum Gasteiger partial charge on any atom is -0.378 e. The molecule has 3 nitrogen and oxygen atoms in total. The summed E-state index contributed by atoms with van der Waals surface area (Å²) in [6.45, 7) is 3.24. The summed E-state index contributed by atoms with van der Waals surface area (Å²) in [5.74, 6) is 1.18. The molecule has 1 aromatic heterocycles. The first-order valence-corrected chi connectivity index (χ1v) is 7.49. The number of nitrogens with zero attached hydrogens (tertiary/aromatic N) is 2. The summed E-state index contributed by atoms with van der Waals surface area (Å²) >= 11 is 0. The van der Waals surface area contributed by atoms with Crippen molar-refractivity contribution in [3.05, 3.63) is 48.5 Å². The molecule has 0 radical (unpaired) electrons. The third kappa shape index (κ3) is 2.51. The number of hydrogen-bond acceptors (Lipinski definition) is 1. The molecule has 3 heteroatoms. The second-order valence-electron chi connectivity index (χ2n) is 5.58. The summed E-state index contributed by atoms with van der Waals surface area (Å²) in [7, 11) is 4.13. The average molecular weight is 280 g/mol. The lowest BCUT2D eigenvalue weighted by molar-refractivity contribution is -0.660. The lowest BCUT2D eigenvalue weighted by Crippen LogP contribution is -2.34. The zero-order chi connectivity index (χ0) is 14.8. The first kappa shape index (κ1) is 13.7. The molecule has 1 heterocycles. The third-order valence-electron chi connectivity index (χ3n) is 3.82. The number of aromatic nitrogens is 2. The van der Waals surface area contributed by atoms with Crippen molar-refractivity contribution in [2.24, 2.45) is 0 Å². The van der Waals surface area contributed by atoms with Gasteiger partial charge in [0.25, 0.3) is 5.82 Å². The minimum atomic E-state index is 1.02. The summed E-state index contributed by atoms with van der Waals surface area (Å²) in [5.41, 5.74) is 4.91. The Morgan fingerprint density at radius 2 is 1.71 bits per heavy atom. The lowest BCUT2D eigenvalue weighted by Gasteiger charge is -2.11. The van der Waals surface area contributed by atoms with Gasteiger partial charge in [0.1, 0.15) is 0 Å². The molecule has 0 atom stereocenters. The molecule has 108 valence electrons. The Kier molecular flexibility index (Phi) is 3.65.